The molecule has 2 nitrogen and oxygen atoms in total. The predicted molar refractivity (Wildman–Crippen MR) is 116 cm³/mol. The van der Waals surface area contributed by atoms with Crippen LogP contribution in [0, 0.1) is 19.8 Å². The highest BCUT2D eigenvalue weighted by Crippen LogP contribution is 2.38. The van der Waals surface area contributed by atoms with Gasteiger partial charge < -0.3 is 9.84 Å². The highest BCUT2D eigenvalue weighted by Gasteiger charge is 2.23. The molecule has 2 heteroatoms. The molecule has 1 N–H and O–H groups in total. The Morgan fingerprint density at radius 3 is 2.15 bits per heavy atom. The summed E-state index contributed by atoms with van der Waals surface area (Å²) < 4.78 is 6.29. The maximum absolute atomic E-state index is 9.99. The summed E-state index contributed by atoms with van der Waals surface area (Å²) in [6.07, 6.45) is 17.6. The van der Waals surface area contributed by atoms with Gasteiger partial charge in [-0.2, -0.15) is 0 Å². The summed E-state index contributed by atoms with van der Waals surface area (Å²) in [7, 11) is 0. The van der Waals surface area contributed by atoms with Gasteiger partial charge in [0.1, 0.15) is 11.5 Å². The van der Waals surface area contributed by atoms with Crippen LogP contribution in [-0.4, -0.2) is 11.2 Å². The summed E-state index contributed by atoms with van der Waals surface area (Å²) in [4.78, 5) is 0. The highest BCUT2D eigenvalue weighted by molar-refractivity contribution is 5.52. The molecule has 1 unspecified atom stereocenters. The Hall–Kier alpha value is -1.18. The largest absolute Gasteiger partial charge is 0.508 e. The van der Waals surface area contributed by atoms with Gasteiger partial charge in [-0.1, -0.05) is 71.6 Å². The summed E-state index contributed by atoms with van der Waals surface area (Å²) in [5.41, 5.74) is 3.25. The molecule has 0 aliphatic carbocycles. The third kappa shape index (κ3) is 7.39. The molecule has 0 aromatic heterocycles. The van der Waals surface area contributed by atoms with Crippen molar-refractivity contribution in [3.63, 3.8) is 0 Å². The van der Waals surface area contributed by atoms with E-state index in [0.717, 1.165) is 35.6 Å². The third-order valence-electron chi connectivity index (χ3n) is 6.22. The van der Waals surface area contributed by atoms with Gasteiger partial charge in [0.2, 0.25) is 0 Å². The van der Waals surface area contributed by atoms with Gasteiger partial charge in [-0.25, -0.2) is 0 Å². The van der Waals surface area contributed by atoms with Crippen molar-refractivity contribution in [2.24, 2.45) is 5.92 Å². The zero-order chi connectivity index (χ0) is 19.6. The van der Waals surface area contributed by atoms with Gasteiger partial charge >= 0.3 is 0 Å². The van der Waals surface area contributed by atoms with Crippen molar-refractivity contribution in [1.29, 1.82) is 0 Å². The minimum Gasteiger partial charge on any atom is -0.508 e. The first-order valence-corrected chi connectivity index (χ1v) is 11.5. The molecule has 27 heavy (non-hydrogen) atoms. The van der Waals surface area contributed by atoms with E-state index in [1.54, 1.807) is 0 Å². The van der Waals surface area contributed by atoms with E-state index in [4.69, 9.17) is 4.74 Å². The monoisotopic (exact) mass is 374 g/mol. The summed E-state index contributed by atoms with van der Waals surface area (Å²) in [5.74, 6) is 2.32. The normalized spacial score (nSPS) is 16.4. The van der Waals surface area contributed by atoms with Gasteiger partial charge in [0.05, 0.1) is 6.10 Å². The van der Waals surface area contributed by atoms with E-state index >= 15 is 0 Å². The van der Waals surface area contributed by atoms with Gasteiger partial charge in [0.25, 0.3) is 0 Å². The first kappa shape index (κ1) is 22.1. The molecule has 0 radical (unpaired) electrons. The topological polar surface area (TPSA) is 29.5 Å². The number of phenolic OH excluding ortho intramolecular Hbond substituents is 1. The number of unbranched alkanes of at least 4 members (excludes halogenated alkanes) is 8. The van der Waals surface area contributed by atoms with E-state index in [1.807, 2.05) is 13.0 Å². The van der Waals surface area contributed by atoms with Crippen LogP contribution in [0.3, 0.4) is 0 Å². The zero-order valence-corrected chi connectivity index (χ0v) is 18.3. The number of hydrogen-bond acceptors (Lipinski definition) is 2. The van der Waals surface area contributed by atoms with E-state index in [1.165, 1.54) is 76.2 Å². The maximum atomic E-state index is 9.99. The summed E-state index contributed by atoms with van der Waals surface area (Å²) in [5, 5.41) is 9.99. The molecular formula is C25H42O2. The summed E-state index contributed by atoms with van der Waals surface area (Å²) in [6, 6.07) is 1.90. The molecule has 2 rings (SSSR count). The molecule has 1 aliphatic rings. The number of aromatic hydroxyl groups is 1. The van der Waals surface area contributed by atoms with Gasteiger partial charge in [-0.05, 0) is 68.2 Å². The molecular weight excluding hydrogens is 332 g/mol. The fraction of sp³-hybridized carbons (Fsp3) is 0.760. The molecule has 0 amide bonds. The lowest BCUT2D eigenvalue weighted by atomic mass is 9.94. The fourth-order valence-electron chi connectivity index (χ4n) is 4.20. The standard InChI is InChI=1S/C25H42O2/c1-19(2)14-12-10-8-6-5-7-9-11-13-15-23-17-16-22-18-24(26)20(3)21(4)25(22)27-23/h18-19,23,26H,5-17H2,1-4H3. The Bertz CT molecular complexity index is 562. The first-order chi connectivity index (χ1) is 13.0. The molecule has 1 aliphatic heterocycles. The predicted octanol–water partition coefficient (Wildman–Crippen LogP) is 7.65. The second kappa shape index (κ2) is 11.6. The van der Waals surface area contributed by atoms with Crippen LogP contribution in [0.25, 0.3) is 0 Å². The van der Waals surface area contributed by atoms with Crippen LogP contribution in [0.15, 0.2) is 6.07 Å². The Kier molecular flexibility index (Phi) is 9.51. The SMILES string of the molecule is Cc1c(O)cc2c(c1C)OC(CCCCCCCCCCCC(C)C)CC2. The second-order valence-corrected chi connectivity index (χ2v) is 9.07. The Labute approximate surface area is 167 Å². The molecule has 1 aromatic carbocycles. The molecule has 154 valence electrons. The number of hydrogen-bond donors (Lipinski definition) is 1. The molecule has 0 bridgehead atoms. The summed E-state index contributed by atoms with van der Waals surface area (Å²) in [6.45, 7) is 8.69. The van der Waals surface area contributed by atoms with Crippen molar-refractivity contribution in [3.05, 3.63) is 22.8 Å². The van der Waals surface area contributed by atoms with Crippen LogP contribution in [-0.2, 0) is 6.42 Å². The van der Waals surface area contributed by atoms with Crippen LogP contribution in [0.2, 0.25) is 0 Å². The van der Waals surface area contributed by atoms with Crippen molar-refractivity contribution in [3.8, 4) is 11.5 Å². The number of fused-ring (bicyclic) bond motifs is 1. The number of rotatable bonds is 12. The van der Waals surface area contributed by atoms with Crippen molar-refractivity contribution in [2.75, 3.05) is 0 Å². The minimum atomic E-state index is 0.362. The number of ether oxygens (including phenoxy) is 1. The first-order valence-electron chi connectivity index (χ1n) is 11.5. The quantitative estimate of drug-likeness (QED) is 0.381. The Morgan fingerprint density at radius 2 is 1.52 bits per heavy atom. The van der Waals surface area contributed by atoms with E-state index in [2.05, 4.69) is 20.8 Å². The smallest absolute Gasteiger partial charge is 0.126 e. The average molecular weight is 375 g/mol. The van der Waals surface area contributed by atoms with Crippen molar-refractivity contribution in [1.82, 2.24) is 0 Å². The van der Waals surface area contributed by atoms with E-state index in [9.17, 15) is 5.11 Å². The van der Waals surface area contributed by atoms with Crippen LogP contribution < -0.4 is 4.74 Å². The number of aryl methyl sites for hydroxylation is 1. The third-order valence-corrected chi connectivity index (χ3v) is 6.22. The van der Waals surface area contributed by atoms with E-state index < -0.39 is 0 Å². The van der Waals surface area contributed by atoms with Gasteiger partial charge in [-0.3, -0.25) is 0 Å². The van der Waals surface area contributed by atoms with E-state index in [-0.39, 0.29) is 0 Å². The lowest BCUT2D eigenvalue weighted by Crippen LogP contribution is -2.23. The van der Waals surface area contributed by atoms with Crippen LogP contribution in [0.5, 0.6) is 11.5 Å². The molecule has 0 saturated heterocycles. The Balaban J connectivity index is 1.53. The van der Waals surface area contributed by atoms with Crippen molar-refractivity contribution < 1.29 is 9.84 Å². The number of phenols is 1. The fourth-order valence-corrected chi connectivity index (χ4v) is 4.20. The van der Waals surface area contributed by atoms with Crippen molar-refractivity contribution >= 4 is 0 Å². The van der Waals surface area contributed by atoms with Gasteiger partial charge in [0.15, 0.2) is 0 Å². The van der Waals surface area contributed by atoms with Crippen molar-refractivity contribution in [2.45, 2.75) is 117 Å². The molecule has 1 aromatic rings. The molecule has 1 atom stereocenters. The molecule has 0 fully saturated rings. The Morgan fingerprint density at radius 1 is 0.926 bits per heavy atom. The maximum Gasteiger partial charge on any atom is 0.126 e. The van der Waals surface area contributed by atoms with Crippen LogP contribution in [0.1, 0.15) is 108 Å². The van der Waals surface area contributed by atoms with Gasteiger partial charge in [-0.15, -0.1) is 0 Å². The van der Waals surface area contributed by atoms with Gasteiger partial charge in [0, 0.05) is 0 Å². The van der Waals surface area contributed by atoms with Crippen LogP contribution >= 0.6 is 0 Å². The zero-order valence-electron chi connectivity index (χ0n) is 18.3. The second-order valence-electron chi connectivity index (χ2n) is 9.07. The highest BCUT2D eigenvalue weighted by atomic mass is 16.5. The lowest BCUT2D eigenvalue weighted by molar-refractivity contribution is 0.158. The minimum absolute atomic E-state index is 0.362. The lowest BCUT2D eigenvalue weighted by Gasteiger charge is -2.28. The number of benzene rings is 1. The summed E-state index contributed by atoms with van der Waals surface area (Å²) >= 11 is 0. The van der Waals surface area contributed by atoms with E-state index in [0.29, 0.717) is 11.9 Å². The van der Waals surface area contributed by atoms with Crippen LogP contribution in [0.4, 0.5) is 0 Å². The average Bonchev–Trinajstić information content (AvgIpc) is 2.64. The molecule has 1 heterocycles. The molecule has 0 saturated carbocycles. The molecule has 0 spiro atoms.